The number of rotatable bonds is 10. The van der Waals surface area contributed by atoms with Crippen LogP contribution in [0.5, 0.6) is 11.5 Å². The molecule has 0 aliphatic carbocycles. The van der Waals surface area contributed by atoms with Gasteiger partial charge >= 0.3 is 0 Å². The lowest BCUT2D eigenvalue weighted by molar-refractivity contribution is 0.0858. The van der Waals surface area contributed by atoms with Gasteiger partial charge in [0.2, 0.25) is 0 Å². The Bertz CT molecular complexity index is 753. The summed E-state index contributed by atoms with van der Waals surface area (Å²) in [6, 6.07) is 4.97. The molecule has 2 rings (SSSR count). The first-order valence-corrected chi connectivity index (χ1v) is 13.0. The molecule has 1 N–H and O–H groups in total. The van der Waals surface area contributed by atoms with Crippen molar-refractivity contribution in [2.45, 2.75) is 45.8 Å². The molecule has 0 saturated carbocycles. The minimum Gasteiger partial charge on any atom is -0.493 e. The fourth-order valence-electron chi connectivity index (χ4n) is 2.80. The van der Waals surface area contributed by atoms with E-state index in [0.717, 1.165) is 35.3 Å². The topological polar surface area (TPSA) is 65.7 Å². The van der Waals surface area contributed by atoms with Crippen LogP contribution in [0, 0.1) is 6.92 Å². The van der Waals surface area contributed by atoms with E-state index >= 15 is 0 Å². The Kier molecular flexibility index (Phi) is 7.47. The number of ether oxygens (including phenoxy) is 3. The van der Waals surface area contributed by atoms with Crippen LogP contribution in [0.15, 0.2) is 18.3 Å². The summed E-state index contributed by atoms with van der Waals surface area (Å²) in [5.74, 6) is 2.19. The molecule has 1 heterocycles. The summed E-state index contributed by atoms with van der Waals surface area (Å²) in [7, 11) is 2.13. The van der Waals surface area contributed by atoms with E-state index in [4.69, 9.17) is 19.2 Å². The van der Waals surface area contributed by atoms with Crippen molar-refractivity contribution in [2.24, 2.45) is 0 Å². The van der Waals surface area contributed by atoms with Crippen LogP contribution in [0.3, 0.4) is 0 Å². The molecule has 7 heteroatoms. The fourth-order valence-corrected chi connectivity index (χ4v) is 3.55. The highest BCUT2D eigenvalue weighted by Crippen LogP contribution is 2.35. The third-order valence-electron chi connectivity index (χ3n) is 4.47. The van der Waals surface area contributed by atoms with E-state index < -0.39 is 8.07 Å². The van der Waals surface area contributed by atoms with Crippen LogP contribution in [0.25, 0.3) is 11.3 Å². The van der Waals surface area contributed by atoms with Crippen molar-refractivity contribution < 1.29 is 19.3 Å². The number of aliphatic hydroxyl groups is 1. The number of imidazole rings is 1. The molecule has 0 amide bonds. The van der Waals surface area contributed by atoms with Crippen molar-refractivity contribution in [1.29, 1.82) is 0 Å². The Labute approximate surface area is 163 Å². The molecule has 6 nitrogen and oxygen atoms in total. The van der Waals surface area contributed by atoms with Gasteiger partial charge in [-0.05, 0) is 37.1 Å². The van der Waals surface area contributed by atoms with Crippen LogP contribution in [0.1, 0.15) is 11.4 Å². The molecule has 1 aromatic heterocycles. The Morgan fingerprint density at radius 2 is 1.78 bits per heavy atom. The molecule has 1 aromatic carbocycles. The predicted molar refractivity (Wildman–Crippen MR) is 110 cm³/mol. The molecule has 0 aliphatic rings. The number of hydrogen-bond acceptors (Lipinski definition) is 5. The van der Waals surface area contributed by atoms with Crippen LogP contribution in [0.4, 0.5) is 0 Å². The minimum absolute atomic E-state index is 0.0575. The Morgan fingerprint density at radius 3 is 2.37 bits per heavy atom. The van der Waals surface area contributed by atoms with E-state index in [2.05, 4.69) is 19.6 Å². The number of benzene rings is 1. The van der Waals surface area contributed by atoms with Gasteiger partial charge in [0.05, 0.1) is 19.9 Å². The monoisotopic (exact) mass is 392 g/mol. The molecule has 0 saturated heterocycles. The average molecular weight is 393 g/mol. The van der Waals surface area contributed by atoms with Gasteiger partial charge in [0.1, 0.15) is 12.6 Å². The lowest BCUT2D eigenvalue weighted by Crippen LogP contribution is -2.22. The SMILES string of the molecule is COc1cc(CCO)c(-c2cn(COCC[Si](C)(C)C)c(C)n2)cc1OC. The van der Waals surface area contributed by atoms with Gasteiger partial charge in [0.25, 0.3) is 0 Å². The molecule has 2 aromatic rings. The summed E-state index contributed by atoms with van der Waals surface area (Å²) < 4.78 is 18.7. The molecule has 0 fully saturated rings. The van der Waals surface area contributed by atoms with E-state index in [0.29, 0.717) is 24.7 Å². The van der Waals surface area contributed by atoms with Crippen LogP contribution >= 0.6 is 0 Å². The molecule has 150 valence electrons. The smallest absolute Gasteiger partial charge is 0.161 e. The summed E-state index contributed by atoms with van der Waals surface area (Å²) in [6.07, 6.45) is 2.51. The van der Waals surface area contributed by atoms with Crippen molar-refractivity contribution in [2.75, 3.05) is 27.4 Å². The maximum atomic E-state index is 9.44. The summed E-state index contributed by atoms with van der Waals surface area (Å²) in [6.45, 7) is 10.3. The van der Waals surface area contributed by atoms with Crippen molar-refractivity contribution in [3.8, 4) is 22.8 Å². The lowest BCUT2D eigenvalue weighted by Gasteiger charge is -2.15. The molecule has 0 aliphatic heterocycles. The van der Waals surface area contributed by atoms with E-state index in [1.54, 1.807) is 14.2 Å². The van der Waals surface area contributed by atoms with Crippen molar-refractivity contribution in [1.82, 2.24) is 9.55 Å². The molecule has 0 spiro atoms. The van der Waals surface area contributed by atoms with Gasteiger partial charge in [-0.15, -0.1) is 0 Å². The molecule has 0 bridgehead atoms. The van der Waals surface area contributed by atoms with Gasteiger partial charge in [-0.3, -0.25) is 0 Å². The number of nitrogens with zero attached hydrogens (tertiary/aromatic N) is 2. The minimum atomic E-state index is -1.09. The Balaban J connectivity index is 2.25. The summed E-state index contributed by atoms with van der Waals surface area (Å²) in [4.78, 5) is 4.70. The van der Waals surface area contributed by atoms with Crippen molar-refractivity contribution in [3.63, 3.8) is 0 Å². The Hall–Kier alpha value is -1.83. The molecular formula is C20H32N2O4Si. The standard InChI is InChI=1S/C20H32N2O4Si/c1-15-21-18(13-22(15)14-26-9-10-27(4,5)6)17-12-20(25-3)19(24-2)11-16(17)7-8-23/h11-13,23H,7-10,14H2,1-6H3. The number of hydrogen-bond donors (Lipinski definition) is 1. The Morgan fingerprint density at radius 1 is 1.11 bits per heavy atom. The second kappa shape index (κ2) is 9.39. The first kappa shape index (κ1) is 21.5. The number of methoxy groups -OCH3 is 2. The molecule has 0 unspecified atom stereocenters. The number of aryl methyl sites for hydroxylation is 1. The van der Waals surface area contributed by atoms with Crippen molar-refractivity contribution in [3.05, 3.63) is 29.7 Å². The second-order valence-electron chi connectivity index (χ2n) is 7.83. The maximum Gasteiger partial charge on any atom is 0.161 e. The maximum absolute atomic E-state index is 9.44. The highest BCUT2D eigenvalue weighted by Gasteiger charge is 2.16. The van der Waals surface area contributed by atoms with Crippen LogP contribution in [0.2, 0.25) is 25.7 Å². The number of aromatic nitrogens is 2. The number of aliphatic hydroxyl groups excluding tert-OH is 1. The zero-order valence-corrected chi connectivity index (χ0v) is 18.3. The third kappa shape index (κ3) is 5.82. The van der Waals surface area contributed by atoms with Gasteiger partial charge in [0.15, 0.2) is 11.5 Å². The van der Waals surface area contributed by atoms with E-state index in [1.807, 2.05) is 29.8 Å². The largest absolute Gasteiger partial charge is 0.493 e. The summed E-state index contributed by atoms with van der Waals surface area (Å²) >= 11 is 0. The van der Waals surface area contributed by atoms with E-state index in [9.17, 15) is 5.11 Å². The summed E-state index contributed by atoms with van der Waals surface area (Å²) in [5, 5.41) is 9.44. The van der Waals surface area contributed by atoms with Gasteiger partial charge in [-0.2, -0.15) is 0 Å². The quantitative estimate of drug-likeness (QED) is 0.493. The average Bonchev–Trinajstić information content (AvgIpc) is 2.98. The predicted octanol–water partition coefficient (Wildman–Crippen LogP) is 3.72. The van der Waals surface area contributed by atoms with Crippen molar-refractivity contribution >= 4 is 8.07 Å². The van der Waals surface area contributed by atoms with E-state index in [1.165, 1.54) is 0 Å². The van der Waals surface area contributed by atoms with Gasteiger partial charge in [-0.1, -0.05) is 19.6 Å². The normalized spacial score (nSPS) is 11.7. The van der Waals surface area contributed by atoms with Gasteiger partial charge in [0, 0.05) is 33.0 Å². The first-order valence-electron chi connectivity index (χ1n) is 9.26. The zero-order chi connectivity index (χ0) is 20.0. The van der Waals surface area contributed by atoms with Gasteiger partial charge < -0.3 is 23.9 Å². The lowest BCUT2D eigenvalue weighted by atomic mass is 10.0. The van der Waals surface area contributed by atoms with Crippen LogP contribution in [-0.4, -0.2) is 50.2 Å². The summed E-state index contributed by atoms with van der Waals surface area (Å²) in [5.41, 5.74) is 2.75. The van der Waals surface area contributed by atoms with Crippen LogP contribution in [-0.2, 0) is 17.9 Å². The fraction of sp³-hybridized carbons (Fsp3) is 0.550. The van der Waals surface area contributed by atoms with Crippen LogP contribution < -0.4 is 9.47 Å². The molecular weight excluding hydrogens is 360 g/mol. The zero-order valence-electron chi connectivity index (χ0n) is 17.3. The second-order valence-corrected chi connectivity index (χ2v) is 13.5. The third-order valence-corrected chi connectivity index (χ3v) is 6.17. The van der Waals surface area contributed by atoms with Gasteiger partial charge in [-0.25, -0.2) is 4.98 Å². The highest BCUT2D eigenvalue weighted by atomic mass is 28.3. The van der Waals surface area contributed by atoms with E-state index in [-0.39, 0.29) is 6.61 Å². The first-order chi connectivity index (χ1) is 12.8. The highest BCUT2D eigenvalue weighted by molar-refractivity contribution is 6.76. The molecule has 0 radical (unpaired) electrons. The molecule has 27 heavy (non-hydrogen) atoms. The molecule has 0 atom stereocenters.